The van der Waals surface area contributed by atoms with Gasteiger partial charge in [-0.15, -0.1) is 0 Å². The van der Waals surface area contributed by atoms with Crippen LogP contribution in [0.3, 0.4) is 0 Å². The van der Waals surface area contributed by atoms with Gasteiger partial charge in [-0.1, -0.05) is 13.8 Å². The number of carbonyl (C=O) groups is 1. The van der Waals surface area contributed by atoms with Crippen LogP contribution in [0.2, 0.25) is 0 Å². The molecule has 1 rings (SSSR count). The third kappa shape index (κ3) is 4.43. The number of esters is 1. The Labute approximate surface area is 116 Å². The van der Waals surface area contributed by atoms with Crippen molar-refractivity contribution in [3.63, 3.8) is 0 Å². The molecule has 1 aromatic carbocycles. The zero-order valence-electron chi connectivity index (χ0n) is 11.6. The van der Waals surface area contributed by atoms with Crippen molar-refractivity contribution >= 4 is 11.7 Å². The van der Waals surface area contributed by atoms with Crippen molar-refractivity contribution in [2.24, 2.45) is 5.92 Å². The number of carbonyl (C=O) groups excluding carboxylic acids is 1. The fourth-order valence-electron chi connectivity index (χ4n) is 1.66. The van der Waals surface area contributed by atoms with E-state index in [0.29, 0.717) is 5.69 Å². The number of alkyl halides is 3. The predicted molar refractivity (Wildman–Crippen MR) is 70.3 cm³/mol. The average Bonchev–Trinajstić information content (AvgIpc) is 2.35. The van der Waals surface area contributed by atoms with Gasteiger partial charge in [-0.2, -0.15) is 13.2 Å². The van der Waals surface area contributed by atoms with Crippen LogP contribution in [0.4, 0.5) is 18.9 Å². The predicted octanol–water partition coefficient (Wildman–Crippen LogP) is 3.71. The normalized spacial score (nSPS) is 13.2. The summed E-state index contributed by atoms with van der Waals surface area (Å²) in [5, 5.41) is 2.90. The van der Waals surface area contributed by atoms with E-state index in [1.807, 2.05) is 13.8 Å². The summed E-state index contributed by atoms with van der Waals surface area (Å²) in [6, 6.07) is 3.97. The summed E-state index contributed by atoms with van der Waals surface area (Å²) in [5.41, 5.74) is -0.273. The Morgan fingerprint density at radius 3 is 2.20 bits per heavy atom. The first-order chi connectivity index (χ1) is 9.25. The van der Waals surface area contributed by atoms with Crippen molar-refractivity contribution in [3.05, 3.63) is 29.8 Å². The lowest BCUT2D eigenvalue weighted by Crippen LogP contribution is -2.36. The molecule has 6 heteroatoms. The maximum absolute atomic E-state index is 12.4. The van der Waals surface area contributed by atoms with Crippen molar-refractivity contribution in [2.45, 2.75) is 33.0 Å². The molecule has 0 saturated heterocycles. The van der Waals surface area contributed by atoms with E-state index in [1.54, 1.807) is 6.92 Å². The Morgan fingerprint density at radius 1 is 1.25 bits per heavy atom. The first-order valence-corrected chi connectivity index (χ1v) is 6.36. The first-order valence-electron chi connectivity index (χ1n) is 6.36. The summed E-state index contributed by atoms with van der Waals surface area (Å²) in [5.74, 6) is -0.459. The average molecular weight is 289 g/mol. The number of hydrogen-bond acceptors (Lipinski definition) is 3. The first kappa shape index (κ1) is 16.3. The minimum atomic E-state index is -4.36. The monoisotopic (exact) mass is 289 g/mol. The van der Waals surface area contributed by atoms with Crippen LogP contribution in [0.5, 0.6) is 0 Å². The van der Waals surface area contributed by atoms with Crippen LogP contribution in [0.15, 0.2) is 24.3 Å². The molecule has 112 valence electrons. The zero-order chi connectivity index (χ0) is 15.3. The Morgan fingerprint density at radius 2 is 1.80 bits per heavy atom. The lowest BCUT2D eigenvalue weighted by Gasteiger charge is -2.21. The highest BCUT2D eigenvalue weighted by Crippen LogP contribution is 2.30. The zero-order valence-corrected chi connectivity index (χ0v) is 11.6. The molecule has 0 bridgehead atoms. The van der Waals surface area contributed by atoms with Crippen molar-refractivity contribution in [1.29, 1.82) is 0 Å². The number of anilines is 1. The van der Waals surface area contributed by atoms with Crippen LogP contribution < -0.4 is 5.32 Å². The van der Waals surface area contributed by atoms with Gasteiger partial charge in [0.05, 0.1) is 12.2 Å². The largest absolute Gasteiger partial charge is 0.464 e. The SMILES string of the molecule is CCOC(=O)C(Nc1ccc(C(F)(F)F)cc1)C(C)C. The third-order valence-corrected chi connectivity index (χ3v) is 2.74. The molecule has 0 saturated carbocycles. The summed E-state index contributed by atoms with van der Waals surface area (Å²) < 4.78 is 42.3. The molecule has 0 amide bonds. The minimum absolute atomic E-state index is 0.0451. The van der Waals surface area contributed by atoms with E-state index in [-0.39, 0.29) is 12.5 Å². The minimum Gasteiger partial charge on any atom is -0.464 e. The number of halogens is 3. The van der Waals surface area contributed by atoms with Crippen LogP contribution in [0.25, 0.3) is 0 Å². The molecule has 3 nitrogen and oxygen atoms in total. The second-order valence-corrected chi connectivity index (χ2v) is 4.69. The van der Waals surface area contributed by atoms with Crippen LogP contribution in [-0.2, 0) is 15.7 Å². The smallest absolute Gasteiger partial charge is 0.416 e. The van der Waals surface area contributed by atoms with Gasteiger partial charge in [0, 0.05) is 5.69 Å². The second kappa shape index (κ2) is 6.63. The molecular weight excluding hydrogens is 271 g/mol. The highest BCUT2D eigenvalue weighted by Gasteiger charge is 2.30. The fourth-order valence-corrected chi connectivity index (χ4v) is 1.66. The van der Waals surface area contributed by atoms with Gasteiger partial charge >= 0.3 is 12.1 Å². The van der Waals surface area contributed by atoms with Gasteiger partial charge in [-0.05, 0) is 37.1 Å². The number of hydrogen-bond donors (Lipinski definition) is 1. The van der Waals surface area contributed by atoms with Crippen molar-refractivity contribution < 1.29 is 22.7 Å². The fraction of sp³-hybridized carbons (Fsp3) is 0.500. The molecule has 20 heavy (non-hydrogen) atoms. The van der Waals surface area contributed by atoms with Crippen molar-refractivity contribution in [2.75, 3.05) is 11.9 Å². The number of ether oxygens (including phenoxy) is 1. The van der Waals surface area contributed by atoms with Crippen LogP contribution >= 0.6 is 0 Å². The summed E-state index contributed by atoms with van der Waals surface area (Å²) in [4.78, 5) is 11.8. The van der Waals surface area contributed by atoms with Gasteiger partial charge < -0.3 is 10.1 Å². The topological polar surface area (TPSA) is 38.3 Å². The molecule has 0 spiro atoms. The lowest BCUT2D eigenvalue weighted by molar-refractivity contribution is -0.145. The van der Waals surface area contributed by atoms with Gasteiger partial charge in [-0.25, -0.2) is 4.79 Å². The van der Waals surface area contributed by atoms with E-state index in [4.69, 9.17) is 4.74 Å². The Hall–Kier alpha value is -1.72. The molecule has 0 aliphatic carbocycles. The summed E-state index contributed by atoms with van der Waals surface area (Å²) in [6.07, 6.45) is -4.36. The Balaban J connectivity index is 2.82. The van der Waals surface area contributed by atoms with Gasteiger partial charge in [0.1, 0.15) is 6.04 Å². The maximum Gasteiger partial charge on any atom is 0.416 e. The number of nitrogens with one attached hydrogen (secondary N) is 1. The van der Waals surface area contributed by atoms with E-state index in [9.17, 15) is 18.0 Å². The molecule has 1 N–H and O–H groups in total. The van der Waals surface area contributed by atoms with E-state index in [0.717, 1.165) is 12.1 Å². The molecule has 0 fully saturated rings. The Kier molecular flexibility index (Phi) is 5.42. The van der Waals surface area contributed by atoms with Gasteiger partial charge in [-0.3, -0.25) is 0 Å². The quantitative estimate of drug-likeness (QED) is 0.840. The summed E-state index contributed by atoms with van der Waals surface area (Å²) in [6.45, 7) is 5.63. The van der Waals surface area contributed by atoms with Gasteiger partial charge in [0.2, 0.25) is 0 Å². The molecule has 1 atom stereocenters. The molecule has 0 heterocycles. The molecule has 0 aromatic heterocycles. The number of rotatable bonds is 5. The van der Waals surface area contributed by atoms with E-state index < -0.39 is 23.8 Å². The maximum atomic E-state index is 12.4. The summed E-state index contributed by atoms with van der Waals surface area (Å²) >= 11 is 0. The summed E-state index contributed by atoms with van der Waals surface area (Å²) in [7, 11) is 0. The van der Waals surface area contributed by atoms with E-state index in [1.165, 1.54) is 12.1 Å². The lowest BCUT2D eigenvalue weighted by atomic mass is 10.0. The molecule has 0 aliphatic rings. The van der Waals surface area contributed by atoms with E-state index >= 15 is 0 Å². The second-order valence-electron chi connectivity index (χ2n) is 4.69. The molecular formula is C14H18F3NO2. The van der Waals surface area contributed by atoms with Crippen molar-refractivity contribution in [3.8, 4) is 0 Å². The van der Waals surface area contributed by atoms with Gasteiger partial charge in [0.15, 0.2) is 0 Å². The standard InChI is InChI=1S/C14H18F3NO2/c1-4-20-13(19)12(9(2)3)18-11-7-5-10(6-8-11)14(15,16)17/h5-9,12,18H,4H2,1-3H3. The van der Waals surface area contributed by atoms with Crippen LogP contribution in [0, 0.1) is 5.92 Å². The van der Waals surface area contributed by atoms with Gasteiger partial charge in [0.25, 0.3) is 0 Å². The highest BCUT2D eigenvalue weighted by atomic mass is 19.4. The number of benzene rings is 1. The van der Waals surface area contributed by atoms with Crippen LogP contribution in [0.1, 0.15) is 26.3 Å². The molecule has 0 radical (unpaired) electrons. The van der Waals surface area contributed by atoms with Crippen LogP contribution in [-0.4, -0.2) is 18.6 Å². The van der Waals surface area contributed by atoms with Crippen molar-refractivity contribution in [1.82, 2.24) is 0 Å². The molecule has 1 unspecified atom stereocenters. The van der Waals surface area contributed by atoms with E-state index in [2.05, 4.69) is 5.32 Å². The molecule has 1 aromatic rings. The third-order valence-electron chi connectivity index (χ3n) is 2.74. The highest BCUT2D eigenvalue weighted by molar-refractivity contribution is 5.79. The molecule has 0 aliphatic heterocycles. The Bertz CT molecular complexity index is 441.